The Morgan fingerprint density at radius 1 is 1.43 bits per heavy atom. The first-order valence-electron chi connectivity index (χ1n) is 7.48. The molecule has 3 rings (SSSR count). The molecule has 1 aliphatic rings. The van der Waals surface area contributed by atoms with Crippen LogP contribution in [0, 0.1) is 0 Å². The Balaban J connectivity index is 1.88. The second kappa shape index (κ2) is 6.65. The Hall–Kier alpha value is -0.620. The molecule has 0 aliphatic heterocycles. The van der Waals surface area contributed by atoms with E-state index in [2.05, 4.69) is 39.9 Å². The number of hydrogen-bond acceptors (Lipinski definition) is 4. The summed E-state index contributed by atoms with van der Waals surface area (Å²) in [6.45, 7) is 3.00. The van der Waals surface area contributed by atoms with Crippen LogP contribution in [0.4, 0.5) is 0 Å². The van der Waals surface area contributed by atoms with E-state index in [0.29, 0.717) is 6.04 Å². The third-order valence-corrected chi connectivity index (χ3v) is 5.75. The maximum atomic E-state index is 6.47. The molecule has 1 fully saturated rings. The van der Waals surface area contributed by atoms with Gasteiger partial charge in [0.2, 0.25) is 0 Å². The monoisotopic (exact) mass is 368 g/mol. The Labute approximate surface area is 138 Å². The van der Waals surface area contributed by atoms with Crippen molar-refractivity contribution < 1.29 is 4.42 Å². The average Bonchev–Trinajstić information content (AvgIpc) is 3.03. The van der Waals surface area contributed by atoms with Crippen molar-refractivity contribution >= 4 is 27.3 Å². The van der Waals surface area contributed by atoms with Crippen LogP contribution in [0.5, 0.6) is 0 Å². The zero-order valence-electron chi connectivity index (χ0n) is 12.2. The molecule has 5 heteroatoms. The number of nitrogens with two attached hydrogens (primary N) is 1. The molecule has 3 nitrogen and oxygen atoms in total. The van der Waals surface area contributed by atoms with Gasteiger partial charge in [-0.15, -0.1) is 11.3 Å². The predicted octanol–water partition coefficient (Wildman–Crippen LogP) is 4.55. The topological polar surface area (TPSA) is 42.4 Å². The largest absolute Gasteiger partial charge is 0.468 e. The van der Waals surface area contributed by atoms with Crippen molar-refractivity contribution in [2.45, 2.75) is 50.9 Å². The molecule has 0 bridgehead atoms. The molecule has 114 valence electrons. The van der Waals surface area contributed by atoms with E-state index in [0.717, 1.165) is 18.7 Å². The number of halogens is 1. The van der Waals surface area contributed by atoms with E-state index < -0.39 is 0 Å². The minimum absolute atomic E-state index is 0.145. The first-order chi connectivity index (χ1) is 10.2. The quantitative estimate of drug-likeness (QED) is 0.779. The van der Waals surface area contributed by atoms with Gasteiger partial charge in [0.1, 0.15) is 5.76 Å². The molecule has 0 radical (unpaired) electrons. The molecular weight excluding hydrogens is 348 g/mol. The standard InChI is InChI=1S/C16H21BrN2OS/c1-2-13(18)16(14-7-8-15(17)21-14)19(11-5-6-11)10-12-4-3-9-20-12/h3-4,7-9,11,13,16H,2,5-6,10,18H2,1H3. The van der Waals surface area contributed by atoms with Crippen molar-refractivity contribution in [3.8, 4) is 0 Å². The second-order valence-electron chi connectivity index (χ2n) is 5.64. The van der Waals surface area contributed by atoms with Crippen molar-refractivity contribution in [2.75, 3.05) is 0 Å². The van der Waals surface area contributed by atoms with E-state index in [1.165, 1.54) is 21.5 Å². The molecule has 2 atom stereocenters. The van der Waals surface area contributed by atoms with Crippen LogP contribution < -0.4 is 5.73 Å². The highest BCUT2D eigenvalue weighted by molar-refractivity contribution is 9.11. The van der Waals surface area contributed by atoms with Gasteiger partial charge in [0.25, 0.3) is 0 Å². The fourth-order valence-corrected chi connectivity index (χ4v) is 4.40. The summed E-state index contributed by atoms with van der Waals surface area (Å²) in [6.07, 6.45) is 5.25. The molecule has 0 amide bonds. The highest BCUT2D eigenvalue weighted by atomic mass is 79.9. The van der Waals surface area contributed by atoms with Gasteiger partial charge in [0.05, 0.1) is 22.6 Å². The normalized spacial score (nSPS) is 18.1. The van der Waals surface area contributed by atoms with Crippen LogP contribution in [0.15, 0.2) is 38.7 Å². The van der Waals surface area contributed by atoms with Gasteiger partial charge in [0.15, 0.2) is 0 Å². The van der Waals surface area contributed by atoms with Gasteiger partial charge in [0, 0.05) is 17.0 Å². The minimum atomic E-state index is 0.145. The summed E-state index contributed by atoms with van der Waals surface area (Å²) < 4.78 is 6.72. The van der Waals surface area contributed by atoms with Crippen LogP contribution in [-0.4, -0.2) is 17.0 Å². The molecular formula is C16H21BrN2OS. The summed E-state index contributed by atoms with van der Waals surface area (Å²) in [5.74, 6) is 1.02. The number of furan rings is 1. The maximum Gasteiger partial charge on any atom is 0.117 e. The number of nitrogens with zero attached hydrogens (tertiary/aromatic N) is 1. The fourth-order valence-electron chi connectivity index (χ4n) is 2.77. The molecule has 2 unspecified atom stereocenters. The summed E-state index contributed by atoms with van der Waals surface area (Å²) in [5.41, 5.74) is 6.47. The molecule has 2 heterocycles. The van der Waals surface area contributed by atoms with Crippen LogP contribution in [0.25, 0.3) is 0 Å². The summed E-state index contributed by atoms with van der Waals surface area (Å²) in [7, 11) is 0. The third-order valence-electron chi connectivity index (χ3n) is 4.05. The number of thiophene rings is 1. The maximum absolute atomic E-state index is 6.47. The highest BCUT2D eigenvalue weighted by Crippen LogP contribution is 2.40. The van der Waals surface area contributed by atoms with E-state index in [4.69, 9.17) is 10.2 Å². The fraction of sp³-hybridized carbons (Fsp3) is 0.500. The van der Waals surface area contributed by atoms with Crippen molar-refractivity contribution in [1.82, 2.24) is 4.90 Å². The summed E-state index contributed by atoms with van der Waals surface area (Å²) >= 11 is 5.36. The molecule has 1 aliphatic carbocycles. The SMILES string of the molecule is CCC(N)C(c1ccc(Br)s1)N(Cc1ccco1)C1CC1. The Morgan fingerprint density at radius 2 is 2.24 bits per heavy atom. The Bertz CT molecular complexity index is 565. The van der Waals surface area contributed by atoms with E-state index in [-0.39, 0.29) is 12.1 Å². The van der Waals surface area contributed by atoms with Crippen LogP contribution in [0.2, 0.25) is 0 Å². The lowest BCUT2D eigenvalue weighted by Crippen LogP contribution is -2.41. The first kappa shape index (κ1) is 15.3. The molecule has 2 N–H and O–H groups in total. The van der Waals surface area contributed by atoms with Crippen LogP contribution >= 0.6 is 27.3 Å². The van der Waals surface area contributed by atoms with Crippen molar-refractivity contribution in [3.63, 3.8) is 0 Å². The van der Waals surface area contributed by atoms with Crippen molar-refractivity contribution in [1.29, 1.82) is 0 Å². The molecule has 2 aromatic heterocycles. The molecule has 1 saturated carbocycles. The molecule has 2 aromatic rings. The lowest BCUT2D eigenvalue weighted by Gasteiger charge is -2.34. The van der Waals surface area contributed by atoms with Crippen LogP contribution in [0.1, 0.15) is 42.9 Å². The third kappa shape index (κ3) is 3.59. The van der Waals surface area contributed by atoms with Crippen LogP contribution in [0.3, 0.4) is 0 Å². The average molecular weight is 369 g/mol. The predicted molar refractivity (Wildman–Crippen MR) is 90.3 cm³/mol. The lowest BCUT2D eigenvalue weighted by atomic mass is 10.0. The molecule has 0 saturated heterocycles. The van der Waals surface area contributed by atoms with Gasteiger partial charge in [-0.25, -0.2) is 0 Å². The zero-order valence-corrected chi connectivity index (χ0v) is 14.6. The van der Waals surface area contributed by atoms with Crippen molar-refractivity contribution in [2.24, 2.45) is 5.73 Å². The van der Waals surface area contributed by atoms with E-state index in [1.807, 2.05) is 12.1 Å². The first-order valence-corrected chi connectivity index (χ1v) is 9.09. The summed E-state index contributed by atoms with van der Waals surface area (Å²) in [4.78, 5) is 3.88. The molecule has 21 heavy (non-hydrogen) atoms. The van der Waals surface area contributed by atoms with Gasteiger partial charge in [-0.05, 0) is 59.5 Å². The van der Waals surface area contributed by atoms with Gasteiger partial charge < -0.3 is 10.2 Å². The van der Waals surface area contributed by atoms with Gasteiger partial charge in [-0.1, -0.05) is 6.92 Å². The zero-order chi connectivity index (χ0) is 14.8. The number of rotatable bonds is 7. The van der Waals surface area contributed by atoms with Crippen molar-refractivity contribution in [3.05, 3.63) is 45.0 Å². The second-order valence-corrected chi connectivity index (χ2v) is 8.14. The summed E-state index contributed by atoms with van der Waals surface area (Å²) in [5, 5.41) is 0. The van der Waals surface area contributed by atoms with Gasteiger partial charge in [-0.3, -0.25) is 4.90 Å². The lowest BCUT2D eigenvalue weighted by molar-refractivity contribution is 0.142. The van der Waals surface area contributed by atoms with E-state index in [1.54, 1.807) is 17.6 Å². The van der Waals surface area contributed by atoms with Gasteiger partial charge >= 0.3 is 0 Å². The highest BCUT2D eigenvalue weighted by Gasteiger charge is 2.38. The van der Waals surface area contributed by atoms with Crippen LogP contribution in [-0.2, 0) is 6.54 Å². The van der Waals surface area contributed by atoms with Gasteiger partial charge in [-0.2, -0.15) is 0 Å². The Kier molecular flexibility index (Phi) is 4.84. The minimum Gasteiger partial charge on any atom is -0.468 e. The smallest absolute Gasteiger partial charge is 0.117 e. The van der Waals surface area contributed by atoms with E-state index >= 15 is 0 Å². The number of hydrogen-bond donors (Lipinski definition) is 1. The van der Waals surface area contributed by atoms with E-state index in [9.17, 15) is 0 Å². The molecule has 0 aromatic carbocycles. The molecule has 0 spiro atoms. The summed E-state index contributed by atoms with van der Waals surface area (Å²) in [6, 6.07) is 9.37. The Morgan fingerprint density at radius 3 is 2.76 bits per heavy atom.